The number of hydrogen-bond acceptors (Lipinski definition) is 5. The van der Waals surface area contributed by atoms with E-state index in [9.17, 15) is 13.2 Å². The van der Waals surface area contributed by atoms with Crippen LogP contribution in [0.4, 0.5) is 0 Å². The fraction of sp³-hybridized carbons (Fsp3) is 0.611. The monoisotopic (exact) mass is 367 g/mol. The molecule has 2 fully saturated rings. The number of carbonyl (C=O) groups excluding carboxylic acids is 1. The standard InChI is InChI=1S/C18H25NO5S/c1-18(12-23-13-18)14-24-17(20)11-15-5-7-16(8-6-15)25(21,22)19-9-3-2-4-10-19/h5-8H,2-4,9-14H2,1H3. The van der Waals surface area contributed by atoms with Crippen LogP contribution in [0.5, 0.6) is 0 Å². The zero-order chi connectivity index (χ0) is 17.9. The molecule has 0 spiro atoms. The topological polar surface area (TPSA) is 72.9 Å². The van der Waals surface area contributed by atoms with Crippen molar-refractivity contribution in [3.8, 4) is 0 Å². The molecule has 138 valence electrons. The van der Waals surface area contributed by atoms with E-state index in [4.69, 9.17) is 9.47 Å². The summed E-state index contributed by atoms with van der Waals surface area (Å²) in [6.07, 6.45) is 3.04. The molecule has 0 unspecified atom stereocenters. The number of sulfonamides is 1. The number of carbonyl (C=O) groups is 1. The van der Waals surface area contributed by atoms with Gasteiger partial charge < -0.3 is 9.47 Å². The molecule has 0 N–H and O–H groups in total. The minimum atomic E-state index is -3.43. The molecular formula is C18H25NO5S. The van der Waals surface area contributed by atoms with Crippen molar-refractivity contribution in [2.75, 3.05) is 32.9 Å². The second-order valence-electron chi connectivity index (χ2n) is 7.25. The van der Waals surface area contributed by atoms with Crippen LogP contribution in [0.25, 0.3) is 0 Å². The van der Waals surface area contributed by atoms with E-state index in [0.717, 1.165) is 24.8 Å². The Bertz CT molecular complexity index is 703. The van der Waals surface area contributed by atoms with Crippen LogP contribution < -0.4 is 0 Å². The van der Waals surface area contributed by atoms with Crippen LogP contribution in [0.3, 0.4) is 0 Å². The van der Waals surface area contributed by atoms with Crippen LogP contribution in [-0.2, 0) is 30.7 Å². The van der Waals surface area contributed by atoms with E-state index in [1.54, 1.807) is 28.6 Å². The Balaban J connectivity index is 1.57. The maximum Gasteiger partial charge on any atom is 0.310 e. The fourth-order valence-corrected chi connectivity index (χ4v) is 4.56. The summed E-state index contributed by atoms with van der Waals surface area (Å²) >= 11 is 0. The second-order valence-corrected chi connectivity index (χ2v) is 9.19. The molecule has 0 aromatic heterocycles. The van der Waals surface area contributed by atoms with Crippen molar-refractivity contribution in [2.45, 2.75) is 37.5 Å². The van der Waals surface area contributed by atoms with Crippen LogP contribution >= 0.6 is 0 Å². The minimum absolute atomic E-state index is 0.0674. The summed E-state index contributed by atoms with van der Waals surface area (Å²) in [5, 5.41) is 0. The van der Waals surface area contributed by atoms with Gasteiger partial charge in [-0.15, -0.1) is 0 Å². The third kappa shape index (κ3) is 4.40. The lowest BCUT2D eigenvalue weighted by Gasteiger charge is -2.37. The Morgan fingerprint density at radius 2 is 1.80 bits per heavy atom. The number of nitrogens with zero attached hydrogens (tertiary/aromatic N) is 1. The summed E-state index contributed by atoms with van der Waals surface area (Å²) in [4.78, 5) is 12.2. The van der Waals surface area contributed by atoms with Gasteiger partial charge in [0.2, 0.25) is 10.0 Å². The quantitative estimate of drug-likeness (QED) is 0.719. The fourth-order valence-electron chi connectivity index (χ4n) is 3.04. The number of rotatable bonds is 6. The number of ether oxygens (including phenoxy) is 2. The van der Waals surface area contributed by atoms with Gasteiger partial charge in [-0.3, -0.25) is 4.79 Å². The molecule has 1 aromatic carbocycles. The van der Waals surface area contributed by atoms with Crippen LogP contribution in [0.2, 0.25) is 0 Å². The van der Waals surface area contributed by atoms with Crippen LogP contribution in [0, 0.1) is 5.41 Å². The molecule has 0 amide bonds. The number of benzene rings is 1. The predicted molar refractivity (Wildman–Crippen MR) is 92.6 cm³/mol. The molecule has 2 heterocycles. The highest BCUT2D eigenvalue weighted by Crippen LogP contribution is 2.26. The van der Waals surface area contributed by atoms with Gasteiger partial charge in [0.1, 0.15) is 6.61 Å². The van der Waals surface area contributed by atoms with Crippen molar-refractivity contribution >= 4 is 16.0 Å². The van der Waals surface area contributed by atoms with Gasteiger partial charge in [0.05, 0.1) is 24.5 Å². The zero-order valence-corrected chi connectivity index (χ0v) is 15.4. The average molecular weight is 367 g/mol. The Labute approximate surface area is 149 Å². The van der Waals surface area contributed by atoms with E-state index < -0.39 is 10.0 Å². The van der Waals surface area contributed by atoms with Crippen molar-refractivity contribution in [3.05, 3.63) is 29.8 Å². The largest absolute Gasteiger partial charge is 0.465 e. The molecule has 3 rings (SSSR count). The Morgan fingerprint density at radius 1 is 1.16 bits per heavy atom. The molecule has 2 aliphatic rings. The van der Waals surface area contributed by atoms with Crippen molar-refractivity contribution in [3.63, 3.8) is 0 Å². The van der Waals surface area contributed by atoms with Crippen LogP contribution in [0.15, 0.2) is 29.2 Å². The molecule has 6 nitrogen and oxygen atoms in total. The van der Waals surface area contributed by atoms with Gasteiger partial charge in [-0.1, -0.05) is 25.5 Å². The highest BCUT2D eigenvalue weighted by molar-refractivity contribution is 7.89. The summed E-state index contributed by atoms with van der Waals surface area (Å²) in [5.74, 6) is -0.306. The van der Waals surface area contributed by atoms with Gasteiger partial charge in [0, 0.05) is 18.5 Å². The van der Waals surface area contributed by atoms with Gasteiger partial charge in [-0.05, 0) is 30.5 Å². The normalized spacial score (nSPS) is 20.7. The Hall–Kier alpha value is -1.44. The summed E-state index contributed by atoms with van der Waals surface area (Å²) < 4.78 is 37.2. The lowest BCUT2D eigenvalue weighted by Crippen LogP contribution is -2.44. The zero-order valence-electron chi connectivity index (χ0n) is 14.6. The third-order valence-electron chi connectivity index (χ3n) is 4.71. The summed E-state index contributed by atoms with van der Waals surface area (Å²) in [6, 6.07) is 6.53. The maximum absolute atomic E-state index is 12.6. The first kappa shape index (κ1) is 18.4. The van der Waals surface area contributed by atoms with E-state index in [-0.39, 0.29) is 22.7 Å². The summed E-state index contributed by atoms with van der Waals surface area (Å²) in [6.45, 7) is 4.77. The molecule has 0 aliphatic carbocycles. The maximum atomic E-state index is 12.6. The van der Waals surface area contributed by atoms with Crippen molar-refractivity contribution in [1.29, 1.82) is 0 Å². The molecule has 2 aliphatic heterocycles. The molecule has 0 radical (unpaired) electrons. The highest BCUT2D eigenvalue weighted by atomic mass is 32.2. The first-order valence-corrected chi connectivity index (χ1v) is 10.2. The molecule has 7 heteroatoms. The second kappa shape index (κ2) is 7.43. The van der Waals surface area contributed by atoms with E-state index in [2.05, 4.69) is 0 Å². The number of hydrogen-bond donors (Lipinski definition) is 0. The number of piperidine rings is 1. The van der Waals surface area contributed by atoms with Crippen LogP contribution in [0.1, 0.15) is 31.7 Å². The van der Waals surface area contributed by atoms with E-state index in [0.29, 0.717) is 32.9 Å². The third-order valence-corrected chi connectivity index (χ3v) is 6.62. The van der Waals surface area contributed by atoms with E-state index in [1.807, 2.05) is 6.92 Å². The molecule has 0 atom stereocenters. The van der Waals surface area contributed by atoms with E-state index >= 15 is 0 Å². The van der Waals surface area contributed by atoms with Crippen LogP contribution in [-0.4, -0.2) is 51.6 Å². The smallest absolute Gasteiger partial charge is 0.310 e. The van der Waals surface area contributed by atoms with Crippen molar-refractivity contribution in [2.24, 2.45) is 5.41 Å². The highest BCUT2D eigenvalue weighted by Gasteiger charge is 2.34. The van der Waals surface area contributed by atoms with E-state index in [1.165, 1.54) is 0 Å². The molecule has 25 heavy (non-hydrogen) atoms. The van der Waals surface area contributed by atoms with Gasteiger partial charge in [-0.25, -0.2) is 8.42 Å². The predicted octanol–water partition coefficient (Wildman–Crippen LogP) is 1.98. The van der Waals surface area contributed by atoms with Crippen molar-refractivity contribution < 1.29 is 22.7 Å². The first-order valence-electron chi connectivity index (χ1n) is 8.72. The number of esters is 1. The molecule has 0 saturated carbocycles. The summed E-state index contributed by atoms with van der Waals surface area (Å²) in [7, 11) is -3.43. The SMILES string of the molecule is CC1(COC(=O)Cc2ccc(S(=O)(=O)N3CCCCC3)cc2)COC1. The first-order chi connectivity index (χ1) is 11.9. The van der Waals surface area contributed by atoms with Gasteiger partial charge in [-0.2, -0.15) is 4.31 Å². The van der Waals surface area contributed by atoms with Crippen molar-refractivity contribution in [1.82, 2.24) is 4.31 Å². The molecule has 2 saturated heterocycles. The Kier molecular flexibility index (Phi) is 5.46. The van der Waals surface area contributed by atoms with Gasteiger partial charge in [0.25, 0.3) is 0 Å². The lowest BCUT2D eigenvalue weighted by molar-refractivity contribution is -0.164. The lowest BCUT2D eigenvalue weighted by atomic mass is 9.90. The minimum Gasteiger partial charge on any atom is -0.465 e. The summed E-state index contributed by atoms with van der Waals surface area (Å²) in [5.41, 5.74) is 0.680. The molecular weight excluding hydrogens is 342 g/mol. The Morgan fingerprint density at radius 3 is 2.36 bits per heavy atom. The van der Waals surface area contributed by atoms with Gasteiger partial charge >= 0.3 is 5.97 Å². The van der Waals surface area contributed by atoms with Gasteiger partial charge in [0.15, 0.2) is 0 Å². The molecule has 1 aromatic rings. The average Bonchev–Trinajstić information content (AvgIpc) is 2.59. The molecule has 0 bridgehead atoms.